The largest absolute Gasteiger partial charge is 0.399 e. The van der Waals surface area contributed by atoms with Crippen LogP contribution in [0.15, 0.2) is 54.6 Å². The van der Waals surface area contributed by atoms with E-state index < -0.39 is 10.2 Å². The SMILES string of the molecule is CCN(Cc1ccccc1)S(=O)(=O)NCCc1ccc(N)cc1. The van der Waals surface area contributed by atoms with Gasteiger partial charge in [-0.2, -0.15) is 12.7 Å². The molecule has 0 fully saturated rings. The molecule has 0 radical (unpaired) electrons. The van der Waals surface area contributed by atoms with Crippen LogP contribution in [-0.4, -0.2) is 25.8 Å². The molecule has 0 amide bonds. The van der Waals surface area contributed by atoms with E-state index in [2.05, 4.69) is 4.72 Å². The van der Waals surface area contributed by atoms with Crippen LogP contribution in [0.3, 0.4) is 0 Å². The van der Waals surface area contributed by atoms with Crippen molar-refractivity contribution in [3.8, 4) is 0 Å². The van der Waals surface area contributed by atoms with Crippen molar-refractivity contribution >= 4 is 15.9 Å². The Balaban J connectivity index is 1.92. The van der Waals surface area contributed by atoms with Gasteiger partial charge in [-0.1, -0.05) is 49.4 Å². The highest BCUT2D eigenvalue weighted by Gasteiger charge is 2.19. The molecule has 6 heteroatoms. The van der Waals surface area contributed by atoms with Crippen molar-refractivity contribution in [1.82, 2.24) is 9.03 Å². The molecule has 0 heterocycles. The number of nitrogen functional groups attached to an aromatic ring is 1. The Labute approximate surface area is 138 Å². The van der Waals surface area contributed by atoms with Crippen LogP contribution in [-0.2, 0) is 23.2 Å². The van der Waals surface area contributed by atoms with E-state index in [1.54, 1.807) is 0 Å². The van der Waals surface area contributed by atoms with E-state index in [-0.39, 0.29) is 0 Å². The molecular formula is C17H23N3O2S. The lowest BCUT2D eigenvalue weighted by molar-refractivity contribution is 0.414. The molecule has 0 aromatic heterocycles. The summed E-state index contributed by atoms with van der Waals surface area (Å²) in [4.78, 5) is 0. The molecule has 3 N–H and O–H groups in total. The van der Waals surface area contributed by atoms with E-state index in [0.717, 1.165) is 11.1 Å². The number of anilines is 1. The van der Waals surface area contributed by atoms with Crippen LogP contribution in [0.4, 0.5) is 5.69 Å². The Hall–Kier alpha value is -1.89. The third kappa shape index (κ3) is 5.35. The van der Waals surface area contributed by atoms with E-state index in [0.29, 0.717) is 31.7 Å². The molecule has 124 valence electrons. The van der Waals surface area contributed by atoms with E-state index in [1.165, 1.54) is 4.31 Å². The summed E-state index contributed by atoms with van der Waals surface area (Å²) in [5, 5.41) is 0. The van der Waals surface area contributed by atoms with E-state index in [1.807, 2.05) is 61.5 Å². The molecule has 0 aliphatic heterocycles. The fraction of sp³-hybridized carbons (Fsp3) is 0.294. The van der Waals surface area contributed by atoms with E-state index >= 15 is 0 Å². The number of benzene rings is 2. The van der Waals surface area contributed by atoms with Gasteiger partial charge in [0.25, 0.3) is 10.2 Å². The van der Waals surface area contributed by atoms with Crippen molar-refractivity contribution in [3.63, 3.8) is 0 Å². The minimum atomic E-state index is -3.49. The second kappa shape index (κ2) is 8.10. The normalized spacial score (nSPS) is 11.7. The Bertz CT molecular complexity index is 700. The van der Waals surface area contributed by atoms with Crippen LogP contribution in [0.1, 0.15) is 18.1 Å². The van der Waals surface area contributed by atoms with Gasteiger partial charge in [0.15, 0.2) is 0 Å². The smallest absolute Gasteiger partial charge is 0.279 e. The van der Waals surface area contributed by atoms with Gasteiger partial charge in [0.2, 0.25) is 0 Å². The van der Waals surface area contributed by atoms with Crippen molar-refractivity contribution in [2.24, 2.45) is 0 Å². The van der Waals surface area contributed by atoms with Gasteiger partial charge in [-0.15, -0.1) is 0 Å². The molecule has 0 saturated heterocycles. The van der Waals surface area contributed by atoms with Crippen LogP contribution >= 0.6 is 0 Å². The number of nitrogens with two attached hydrogens (primary N) is 1. The molecule has 2 aromatic carbocycles. The molecule has 2 aromatic rings. The van der Waals surface area contributed by atoms with Crippen LogP contribution in [0.5, 0.6) is 0 Å². The summed E-state index contributed by atoms with van der Waals surface area (Å²) in [6.45, 7) is 2.99. The average Bonchev–Trinajstić information content (AvgIpc) is 2.55. The van der Waals surface area contributed by atoms with Gasteiger partial charge in [0.1, 0.15) is 0 Å². The number of hydrogen-bond donors (Lipinski definition) is 2. The fourth-order valence-corrected chi connectivity index (χ4v) is 3.46. The average molecular weight is 333 g/mol. The molecule has 0 spiro atoms. The first-order valence-corrected chi connectivity index (χ1v) is 9.08. The first-order valence-electron chi connectivity index (χ1n) is 7.64. The van der Waals surface area contributed by atoms with E-state index in [4.69, 9.17) is 5.73 Å². The molecule has 0 aliphatic rings. The molecule has 0 atom stereocenters. The summed E-state index contributed by atoms with van der Waals surface area (Å²) in [7, 11) is -3.49. The molecule has 2 rings (SSSR count). The highest BCUT2D eigenvalue weighted by molar-refractivity contribution is 7.87. The van der Waals surface area contributed by atoms with E-state index in [9.17, 15) is 8.42 Å². The molecule has 0 aliphatic carbocycles. The molecule has 0 unspecified atom stereocenters. The minimum absolute atomic E-state index is 0.359. The Morgan fingerprint density at radius 1 is 1.00 bits per heavy atom. The molecule has 23 heavy (non-hydrogen) atoms. The summed E-state index contributed by atoms with van der Waals surface area (Å²) in [6, 6.07) is 17.0. The second-order valence-electron chi connectivity index (χ2n) is 5.30. The van der Waals surface area contributed by atoms with Gasteiger partial charge in [-0.05, 0) is 29.7 Å². The maximum Gasteiger partial charge on any atom is 0.279 e. The quantitative estimate of drug-likeness (QED) is 0.727. The van der Waals surface area contributed by atoms with Crippen molar-refractivity contribution < 1.29 is 8.42 Å². The lowest BCUT2D eigenvalue weighted by Crippen LogP contribution is -2.41. The maximum absolute atomic E-state index is 12.4. The van der Waals surface area contributed by atoms with Crippen molar-refractivity contribution in [2.45, 2.75) is 19.9 Å². The lowest BCUT2D eigenvalue weighted by Gasteiger charge is -2.21. The van der Waals surface area contributed by atoms with Crippen LogP contribution in [0.25, 0.3) is 0 Å². The summed E-state index contributed by atoms with van der Waals surface area (Å²) in [5.74, 6) is 0. The Kier molecular flexibility index (Phi) is 6.15. The van der Waals surface area contributed by atoms with Gasteiger partial charge in [-0.3, -0.25) is 0 Å². The van der Waals surface area contributed by atoms with Crippen molar-refractivity contribution in [1.29, 1.82) is 0 Å². The van der Waals surface area contributed by atoms with Gasteiger partial charge < -0.3 is 5.73 Å². The van der Waals surface area contributed by atoms with Crippen molar-refractivity contribution in [3.05, 3.63) is 65.7 Å². The molecule has 5 nitrogen and oxygen atoms in total. The van der Waals surface area contributed by atoms with Crippen LogP contribution in [0, 0.1) is 0 Å². The van der Waals surface area contributed by atoms with Crippen LogP contribution in [0.2, 0.25) is 0 Å². The Morgan fingerprint density at radius 3 is 2.26 bits per heavy atom. The highest BCUT2D eigenvalue weighted by atomic mass is 32.2. The third-order valence-corrected chi connectivity index (χ3v) is 5.21. The summed E-state index contributed by atoms with van der Waals surface area (Å²) in [6.07, 6.45) is 0.627. The third-order valence-electron chi connectivity index (χ3n) is 3.57. The zero-order valence-electron chi connectivity index (χ0n) is 13.3. The molecule has 0 saturated carbocycles. The van der Waals surface area contributed by atoms with Gasteiger partial charge in [0, 0.05) is 25.3 Å². The molecule has 0 bridgehead atoms. The minimum Gasteiger partial charge on any atom is -0.399 e. The number of nitrogens with one attached hydrogen (secondary N) is 1. The fourth-order valence-electron chi connectivity index (χ4n) is 2.25. The van der Waals surface area contributed by atoms with Gasteiger partial charge >= 0.3 is 0 Å². The summed E-state index contributed by atoms with van der Waals surface area (Å²) in [5.41, 5.74) is 8.36. The van der Waals surface area contributed by atoms with Gasteiger partial charge in [0.05, 0.1) is 0 Å². The first kappa shape index (κ1) is 17.5. The maximum atomic E-state index is 12.4. The number of nitrogens with zero attached hydrogens (tertiary/aromatic N) is 1. The van der Waals surface area contributed by atoms with Gasteiger partial charge in [-0.25, -0.2) is 4.72 Å². The first-order chi connectivity index (χ1) is 11.0. The standard InChI is InChI=1S/C17H23N3O2S/c1-2-20(14-16-6-4-3-5-7-16)23(21,22)19-13-12-15-8-10-17(18)11-9-15/h3-11,19H,2,12-14,18H2,1H3. The summed E-state index contributed by atoms with van der Waals surface area (Å²) >= 11 is 0. The highest BCUT2D eigenvalue weighted by Crippen LogP contribution is 2.09. The van der Waals surface area contributed by atoms with Crippen LogP contribution < -0.4 is 10.5 Å². The zero-order valence-corrected chi connectivity index (χ0v) is 14.1. The predicted octanol–water partition coefficient (Wildman–Crippen LogP) is 2.17. The second-order valence-corrected chi connectivity index (χ2v) is 7.06. The molecular weight excluding hydrogens is 310 g/mol. The monoisotopic (exact) mass is 333 g/mol. The number of hydrogen-bond acceptors (Lipinski definition) is 3. The summed E-state index contributed by atoms with van der Waals surface area (Å²) < 4.78 is 28.9. The topological polar surface area (TPSA) is 75.4 Å². The predicted molar refractivity (Wildman–Crippen MR) is 94.0 cm³/mol. The van der Waals surface area contributed by atoms with Crippen molar-refractivity contribution in [2.75, 3.05) is 18.8 Å². The lowest BCUT2D eigenvalue weighted by atomic mass is 10.1. The zero-order chi connectivity index (χ0) is 16.7. The Morgan fingerprint density at radius 2 is 1.65 bits per heavy atom. The number of rotatable bonds is 8.